The highest BCUT2D eigenvalue weighted by Gasteiger charge is 2.24. The summed E-state index contributed by atoms with van der Waals surface area (Å²) < 4.78 is 19.1. The lowest BCUT2D eigenvalue weighted by Crippen LogP contribution is -2.51. The quantitative estimate of drug-likeness (QED) is 0.779. The minimum Gasteiger partial charge on any atom is -0.383 e. The van der Waals surface area contributed by atoms with Crippen molar-refractivity contribution in [2.75, 3.05) is 44.8 Å². The molecule has 0 bridgehead atoms. The fourth-order valence-electron chi connectivity index (χ4n) is 2.88. The standard InChI is InChI=1S/C16H23FN2O2/c1-12(11-21-3)18-7-9-19(10-8-18)15-6-4-5-14(17)16(15)13(2)20/h4-6,12H,7-11H2,1-3H3. The Morgan fingerprint density at radius 3 is 2.57 bits per heavy atom. The van der Waals surface area contributed by atoms with Crippen LogP contribution in [0, 0.1) is 5.82 Å². The number of rotatable bonds is 5. The van der Waals surface area contributed by atoms with Gasteiger partial charge < -0.3 is 9.64 Å². The van der Waals surface area contributed by atoms with Crippen molar-refractivity contribution in [2.45, 2.75) is 19.9 Å². The average Bonchev–Trinajstić information content (AvgIpc) is 2.47. The van der Waals surface area contributed by atoms with Crippen LogP contribution in [0.3, 0.4) is 0 Å². The monoisotopic (exact) mass is 294 g/mol. The van der Waals surface area contributed by atoms with Crippen LogP contribution >= 0.6 is 0 Å². The molecular weight excluding hydrogens is 271 g/mol. The molecule has 21 heavy (non-hydrogen) atoms. The number of benzene rings is 1. The second kappa shape index (κ2) is 7.00. The van der Waals surface area contributed by atoms with Gasteiger partial charge in [-0.05, 0) is 26.0 Å². The maximum Gasteiger partial charge on any atom is 0.164 e. The van der Waals surface area contributed by atoms with Gasteiger partial charge in [0.1, 0.15) is 5.82 Å². The third-order valence-electron chi connectivity index (χ3n) is 4.03. The van der Waals surface area contributed by atoms with Crippen molar-refractivity contribution in [2.24, 2.45) is 0 Å². The lowest BCUT2D eigenvalue weighted by atomic mass is 10.1. The molecule has 0 aromatic heterocycles. The summed E-state index contributed by atoms with van der Waals surface area (Å²) in [6, 6.07) is 5.21. The van der Waals surface area contributed by atoms with Crippen LogP contribution in [0.25, 0.3) is 0 Å². The summed E-state index contributed by atoms with van der Waals surface area (Å²) in [4.78, 5) is 16.1. The Morgan fingerprint density at radius 2 is 2.00 bits per heavy atom. The van der Waals surface area contributed by atoms with Gasteiger partial charge in [-0.15, -0.1) is 0 Å². The SMILES string of the molecule is COCC(C)N1CCN(c2cccc(F)c2C(C)=O)CC1. The number of methoxy groups -OCH3 is 1. The summed E-state index contributed by atoms with van der Waals surface area (Å²) in [7, 11) is 1.71. The molecule has 0 spiro atoms. The molecule has 116 valence electrons. The molecule has 1 unspecified atom stereocenters. The summed E-state index contributed by atoms with van der Waals surface area (Å²) in [5, 5.41) is 0. The van der Waals surface area contributed by atoms with Gasteiger partial charge in [0.25, 0.3) is 0 Å². The van der Waals surface area contributed by atoms with Crippen molar-refractivity contribution in [3.8, 4) is 0 Å². The van der Waals surface area contributed by atoms with Crippen LogP contribution in [0.15, 0.2) is 18.2 Å². The predicted molar refractivity (Wildman–Crippen MR) is 81.5 cm³/mol. The van der Waals surface area contributed by atoms with Crippen LogP contribution in [0.5, 0.6) is 0 Å². The summed E-state index contributed by atoms with van der Waals surface area (Å²) in [5.74, 6) is -0.659. The van der Waals surface area contributed by atoms with E-state index in [4.69, 9.17) is 4.74 Å². The maximum absolute atomic E-state index is 13.9. The van der Waals surface area contributed by atoms with Crippen molar-refractivity contribution in [3.63, 3.8) is 0 Å². The minimum atomic E-state index is -0.435. The number of piperazine rings is 1. The van der Waals surface area contributed by atoms with Crippen LogP contribution in [-0.4, -0.2) is 56.6 Å². The highest BCUT2D eigenvalue weighted by atomic mass is 19.1. The molecule has 1 aliphatic rings. The fraction of sp³-hybridized carbons (Fsp3) is 0.562. The lowest BCUT2D eigenvalue weighted by Gasteiger charge is -2.39. The van der Waals surface area contributed by atoms with E-state index < -0.39 is 5.82 Å². The highest BCUT2D eigenvalue weighted by molar-refractivity contribution is 6.00. The van der Waals surface area contributed by atoms with Crippen LogP contribution in [-0.2, 0) is 4.74 Å². The van der Waals surface area contributed by atoms with Crippen LogP contribution < -0.4 is 4.90 Å². The molecule has 0 saturated carbocycles. The maximum atomic E-state index is 13.9. The van der Waals surface area contributed by atoms with E-state index in [9.17, 15) is 9.18 Å². The van der Waals surface area contributed by atoms with E-state index in [-0.39, 0.29) is 11.3 Å². The molecule has 0 radical (unpaired) electrons. The first-order valence-corrected chi connectivity index (χ1v) is 7.32. The molecule has 1 fully saturated rings. The van der Waals surface area contributed by atoms with Crippen molar-refractivity contribution >= 4 is 11.5 Å². The zero-order valence-electron chi connectivity index (χ0n) is 12.9. The van der Waals surface area contributed by atoms with E-state index in [0.717, 1.165) is 26.2 Å². The van der Waals surface area contributed by atoms with Gasteiger partial charge in [0.15, 0.2) is 5.78 Å². The van der Waals surface area contributed by atoms with Gasteiger partial charge in [0.05, 0.1) is 17.9 Å². The molecular formula is C16H23FN2O2. The number of ketones is 1. The van der Waals surface area contributed by atoms with E-state index in [1.165, 1.54) is 13.0 Å². The topological polar surface area (TPSA) is 32.8 Å². The Bertz CT molecular complexity index is 499. The summed E-state index contributed by atoms with van der Waals surface area (Å²) >= 11 is 0. The molecule has 0 aliphatic carbocycles. The number of nitrogens with zero attached hydrogens (tertiary/aromatic N) is 2. The van der Waals surface area contributed by atoms with Gasteiger partial charge in [0, 0.05) is 39.3 Å². The predicted octanol–water partition coefficient (Wildman–Crippen LogP) is 2.19. The molecule has 1 saturated heterocycles. The van der Waals surface area contributed by atoms with Crippen molar-refractivity contribution in [1.82, 2.24) is 4.90 Å². The summed E-state index contributed by atoms with van der Waals surface area (Å²) in [6.07, 6.45) is 0. The lowest BCUT2D eigenvalue weighted by molar-refractivity contribution is 0.0951. The van der Waals surface area contributed by atoms with Crippen LogP contribution in [0.4, 0.5) is 10.1 Å². The van der Waals surface area contributed by atoms with Crippen LogP contribution in [0.1, 0.15) is 24.2 Å². The number of Topliss-reactive ketones (excluding diaryl/α,β-unsaturated/α-hetero) is 1. The molecule has 1 aromatic rings. The minimum absolute atomic E-state index is 0.205. The third kappa shape index (κ3) is 3.60. The van der Waals surface area contributed by atoms with Gasteiger partial charge in [-0.3, -0.25) is 9.69 Å². The van der Waals surface area contributed by atoms with E-state index in [2.05, 4.69) is 16.7 Å². The van der Waals surface area contributed by atoms with E-state index in [1.54, 1.807) is 13.2 Å². The van der Waals surface area contributed by atoms with E-state index in [1.807, 2.05) is 6.07 Å². The second-order valence-corrected chi connectivity index (χ2v) is 5.52. The fourth-order valence-corrected chi connectivity index (χ4v) is 2.88. The van der Waals surface area contributed by atoms with Gasteiger partial charge in [-0.1, -0.05) is 6.07 Å². The number of hydrogen-bond acceptors (Lipinski definition) is 4. The Kier molecular flexibility index (Phi) is 5.31. The summed E-state index contributed by atoms with van der Waals surface area (Å²) in [5.41, 5.74) is 0.914. The molecule has 4 nitrogen and oxygen atoms in total. The number of hydrogen-bond donors (Lipinski definition) is 0. The Hall–Kier alpha value is -1.46. The number of halogens is 1. The Balaban J connectivity index is 2.09. The zero-order valence-corrected chi connectivity index (χ0v) is 12.9. The van der Waals surface area contributed by atoms with Gasteiger partial charge in [-0.25, -0.2) is 4.39 Å². The smallest absolute Gasteiger partial charge is 0.164 e. The van der Waals surface area contributed by atoms with E-state index in [0.29, 0.717) is 18.3 Å². The van der Waals surface area contributed by atoms with Gasteiger partial charge in [0.2, 0.25) is 0 Å². The first kappa shape index (κ1) is 15.9. The zero-order chi connectivity index (χ0) is 15.4. The van der Waals surface area contributed by atoms with Crippen molar-refractivity contribution in [3.05, 3.63) is 29.6 Å². The van der Waals surface area contributed by atoms with Crippen LogP contribution in [0.2, 0.25) is 0 Å². The van der Waals surface area contributed by atoms with Gasteiger partial charge in [-0.2, -0.15) is 0 Å². The van der Waals surface area contributed by atoms with E-state index >= 15 is 0 Å². The Labute approximate surface area is 125 Å². The van der Waals surface area contributed by atoms with Gasteiger partial charge >= 0.3 is 0 Å². The number of ether oxygens (including phenoxy) is 1. The third-order valence-corrected chi connectivity index (χ3v) is 4.03. The van der Waals surface area contributed by atoms with Crippen molar-refractivity contribution in [1.29, 1.82) is 0 Å². The number of anilines is 1. The second-order valence-electron chi connectivity index (χ2n) is 5.52. The van der Waals surface area contributed by atoms with Crippen molar-refractivity contribution < 1.29 is 13.9 Å². The number of carbonyl (C=O) groups excluding carboxylic acids is 1. The highest BCUT2D eigenvalue weighted by Crippen LogP contribution is 2.25. The molecule has 5 heteroatoms. The molecule has 1 aromatic carbocycles. The molecule has 1 aliphatic heterocycles. The molecule has 1 heterocycles. The molecule has 2 rings (SSSR count). The molecule has 1 atom stereocenters. The normalized spacial score (nSPS) is 17.8. The number of carbonyl (C=O) groups is 1. The molecule has 0 N–H and O–H groups in total. The Morgan fingerprint density at radius 1 is 1.33 bits per heavy atom. The summed E-state index contributed by atoms with van der Waals surface area (Å²) in [6.45, 7) is 7.62. The first-order valence-electron chi connectivity index (χ1n) is 7.32. The largest absolute Gasteiger partial charge is 0.383 e. The first-order chi connectivity index (χ1) is 10.0. The average molecular weight is 294 g/mol. The molecule has 0 amide bonds.